The molecule has 102 valence electrons. The number of nitrogens with one attached hydrogen (secondary N) is 2. The molecular formula is C11H16N6OS. The Labute approximate surface area is 115 Å². The maximum absolute atomic E-state index is 5.48. The van der Waals surface area contributed by atoms with E-state index >= 15 is 0 Å². The summed E-state index contributed by atoms with van der Waals surface area (Å²) in [6, 6.07) is 0.307. The van der Waals surface area contributed by atoms with E-state index in [-0.39, 0.29) is 6.10 Å². The summed E-state index contributed by atoms with van der Waals surface area (Å²) < 4.78 is 5.48. The van der Waals surface area contributed by atoms with Crippen LogP contribution in [0.25, 0.3) is 0 Å². The summed E-state index contributed by atoms with van der Waals surface area (Å²) in [5, 5.41) is 6.01. The highest BCUT2D eigenvalue weighted by Gasteiger charge is 2.08. The first kappa shape index (κ1) is 13.5. The van der Waals surface area contributed by atoms with Gasteiger partial charge in [0.1, 0.15) is 0 Å². The minimum Gasteiger partial charge on any atom is -0.461 e. The fourth-order valence-corrected chi connectivity index (χ4v) is 1.84. The molecule has 2 N–H and O–H groups in total. The molecule has 0 bridgehead atoms. The first-order valence-corrected chi connectivity index (χ1v) is 6.77. The van der Waals surface area contributed by atoms with Gasteiger partial charge in [-0.15, -0.1) is 11.3 Å². The largest absolute Gasteiger partial charge is 0.461 e. The minimum atomic E-state index is 0.0152. The van der Waals surface area contributed by atoms with Crippen LogP contribution in [0, 0.1) is 0 Å². The molecule has 0 aromatic carbocycles. The molecule has 0 aliphatic carbocycles. The molecular weight excluding hydrogens is 264 g/mol. The molecule has 0 fully saturated rings. The number of aromatic nitrogens is 4. The van der Waals surface area contributed by atoms with Gasteiger partial charge >= 0.3 is 6.01 Å². The molecule has 8 heteroatoms. The molecule has 0 spiro atoms. The van der Waals surface area contributed by atoms with Crippen molar-refractivity contribution >= 4 is 23.2 Å². The van der Waals surface area contributed by atoms with Crippen molar-refractivity contribution in [3.8, 4) is 6.01 Å². The van der Waals surface area contributed by atoms with Gasteiger partial charge in [0.15, 0.2) is 0 Å². The second-order valence-corrected chi connectivity index (χ2v) is 4.97. The van der Waals surface area contributed by atoms with E-state index in [4.69, 9.17) is 4.74 Å². The molecule has 0 aliphatic rings. The molecule has 0 amide bonds. The van der Waals surface area contributed by atoms with Gasteiger partial charge in [-0.25, -0.2) is 0 Å². The van der Waals surface area contributed by atoms with E-state index in [2.05, 4.69) is 30.6 Å². The Morgan fingerprint density at radius 2 is 2.05 bits per heavy atom. The van der Waals surface area contributed by atoms with E-state index in [1.165, 1.54) is 0 Å². The minimum absolute atomic E-state index is 0.0152. The van der Waals surface area contributed by atoms with Crippen LogP contribution in [0.5, 0.6) is 6.01 Å². The smallest absolute Gasteiger partial charge is 0.323 e. The lowest BCUT2D eigenvalue weighted by molar-refractivity contribution is 0.222. The van der Waals surface area contributed by atoms with Gasteiger partial charge in [0, 0.05) is 18.1 Å². The van der Waals surface area contributed by atoms with Crippen molar-refractivity contribution in [2.75, 3.05) is 17.7 Å². The molecule has 0 saturated heterocycles. The van der Waals surface area contributed by atoms with E-state index in [1.807, 2.05) is 20.0 Å². The highest BCUT2D eigenvalue weighted by molar-refractivity contribution is 7.09. The second-order valence-electron chi connectivity index (χ2n) is 4.00. The monoisotopic (exact) mass is 280 g/mol. The third kappa shape index (κ3) is 4.02. The van der Waals surface area contributed by atoms with Crippen LogP contribution in [0.3, 0.4) is 0 Å². The van der Waals surface area contributed by atoms with Crippen LogP contribution >= 0.6 is 11.3 Å². The molecule has 0 radical (unpaired) electrons. The molecule has 2 aromatic rings. The van der Waals surface area contributed by atoms with Crippen molar-refractivity contribution in [3.63, 3.8) is 0 Å². The standard InChI is InChI=1S/C11H16N6OS/c1-7(2)18-11-16-9(12-3)15-10(17-11)14-5-8-4-13-6-19-8/h4,6-7H,5H2,1-3H3,(H2,12,14,15,16,17). The Hall–Kier alpha value is -1.96. The Bertz CT molecular complexity index is 516. The van der Waals surface area contributed by atoms with Crippen molar-refractivity contribution < 1.29 is 4.74 Å². The zero-order valence-corrected chi connectivity index (χ0v) is 11.9. The Morgan fingerprint density at radius 1 is 1.26 bits per heavy atom. The third-order valence-corrected chi connectivity index (χ3v) is 2.86. The number of hydrogen-bond acceptors (Lipinski definition) is 8. The second kappa shape index (κ2) is 6.28. The van der Waals surface area contributed by atoms with Crippen molar-refractivity contribution in [2.24, 2.45) is 0 Å². The molecule has 2 heterocycles. The molecule has 0 atom stereocenters. The Morgan fingerprint density at radius 3 is 2.68 bits per heavy atom. The predicted molar refractivity (Wildman–Crippen MR) is 74.6 cm³/mol. The summed E-state index contributed by atoms with van der Waals surface area (Å²) in [6.07, 6.45) is 1.82. The molecule has 0 unspecified atom stereocenters. The van der Waals surface area contributed by atoms with Crippen LogP contribution in [0.15, 0.2) is 11.7 Å². The normalized spacial score (nSPS) is 10.5. The number of rotatable bonds is 6. The number of nitrogens with zero attached hydrogens (tertiary/aromatic N) is 4. The summed E-state index contributed by atoms with van der Waals surface area (Å²) in [5.41, 5.74) is 1.79. The van der Waals surface area contributed by atoms with Crippen molar-refractivity contribution in [1.82, 2.24) is 19.9 Å². The lowest BCUT2D eigenvalue weighted by Crippen LogP contribution is -2.12. The molecule has 0 aliphatic heterocycles. The van der Waals surface area contributed by atoms with Gasteiger partial charge < -0.3 is 15.4 Å². The van der Waals surface area contributed by atoms with E-state index in [0.29, 0.717) is 24.5 Å². The Balaban J connectivity index is 2.09. The maximum atomic E-state index is 5.48. The van der Waals surface area contributed by atoms with Gasteiger partial charge in [-0.05, 0) is 13.8 Å². The highest BCUT2D eigenvalue weighted by atomic mass is 32.1. The zero-order valence-electron chi connectivity index (χ0n) is 11.0. The van der Waals surface area contributed by atoms with Crippen LogP contribution in [0.4, 0.5) is 11.9 Å². The first-order chi connectivity index (χ1) is 9.17. The van der Waals surface area contributed by atoms with E-state index in [9.17, 15) is 0 Å². The van der Waals surface area contributed by atoms with E-state index < -0.39 is 0 Å². The summed E-state index contributed by atoms with van der Waals surface area (Å²) in [5.74, 6) is 0.945. The number of hydrogen-bond donors (Lipinski definition) is 2. The molecule has 7 nitrogen and oxygen atoms in total. The lowest BCUT2D eigenvalue weighted by atomic mass is 10.5. The third-order valence-electron chi connectivity index (χ3n) is 2.08. The molecule has 0 saturated carbocycles. The van der Waals surface area contributed by atoms with Crippen molar-refractivity contribution in [1.29, 1.82) is 0 Å². The van der Waals surface area contributed by atoms with Gasteiger partial charge in [0.2, 0.25) is 11.9 Å². The van der Waals surface area contributed by atoms with Crippen molar-refractivity contribution in [2.45, 2.75) is 26.5 Å². The van der Waals surface area contributed by atoms with Crippen LogP contribution in [0.2, 0.25) is 0 Å². The molecule has 2 aromatic heterocycles. The van der Waals surface area contributed by atoms with E-state index in [0.717, 1.165) is 4.88 Å². The van der Waals surface area contributed by atoms with Crippen molar-refractivity contribution in [3.05, 3.63) is 16.6 Å². The lowest BCUT2D eigenvalue weighted by Gasteiger charge is -2.10. The molecule has 2 rings (SSSR count). The number of ether oxygens (including phenoxy) is 1. The van der Waals surface area contributed by atoms with Crippen LogP contribution < -0.4 is 15.4 Å². The summed E-state index contributed by atoms with van der Waals surface area (Å²) in [7, 11) is 1.75. The van der Waals surface area contributed by atoms with Gasteiger partial charge in [-0.2, -0.15) is 15.0 Å². The fraction of sp³-hybridized carbons (Fsp3) is 0.455. The van der Waals surface area contributed by atoms with Gasteiger partial charge in [-0.3, -0.25) is 4.98 Å². The number of thiazole rings is 1. The number of anilines is 2. The molecule has 19 heavy (non-hydrogen) atoms. The summed E-state index contributed by atoms with van der Waals surface area (Å²) in [6.45, 7) is 4.47. The summed E-state index contributed by atoms with van der Waals surface area (Å²) >= 11 is 1.58. The average molecular weight is 280 g/mol. The predicted octanol–water partition coefficient (Wildman–Crippen LogP) is 1.77. The van der Waals surface area contributed by atoms with Gasteiger partial charge in [0.05, 0.1) is 18.2 Å². The van der Waals surface area contributed by atoms with Gasteiger partial charge in [-0.1, -0.05) is 0 Å². The van der Waals surface area contributed by atoms with Gasteiger partial charge in [0.25, 0.3) is 0 Å². The fourth-order valence-electron chi connectivity index (χ4n) is 1.31. The topological polar surface area (TPSA) is 84.9 Å². The van der Waals surface area contributed by atoms with Crippen LogP contribution in [0.1, 0.15) is 18.7 Å². The SMILES string of the molecule is CNc1nc(NCc2cncs2)nc(OC(C)C)n1. The maximum Gasteiger partial charge on any atom is 0.323 e. The zero-order chi connectivity index (χ0) is 13.7. The summed E-state index contributed by atoms with van der Waals surface area (Å²) in [4.78, 5) is 17.7. The Kier molecular flexibility index (Phi) is 4.45. The quantitative estimate of drug-likeness (QED) is 0.834. The van der Waals surface area contributed by atoms with E-state index in [1.54, 1.807) is 23.9 Å². The van der Waals surface area contributed by atoms with Crippen LogP contribution in [-0.4, -0.2) is 33.1 Å². The first-order valence-electron chi connectivity index (χ1n) is 5.89. The highest BCUT2D eigenvalue weighted by Crippen LogP contribution is 2.14. The van der Waals surface area contributed by atoms with Crippen LogP contribution in [-0.2, 0) is 6.54 Å². The average Bonchev–Trinajstić information content (AvgIpc) is 2.88.